The summed E-state index contributed by atoms with van der Waals surface area (Å²) in [4.78, 5) is 24.4. The molecule has 61 heavy (non-hydrogen) atoms. The minimum atomic E-state index is -0.851. The van der Waals surface area contributed by atoms with E-state index in [1.54, 1.807) is 6.08 Å². The molecule has 3 N–H and O–H groups in total. The average molecular weight is 856 g/mol. The van der Waals surface area contributed by atoms with Crippen LogP contribution in [-0.2, 0) is 14.3 Å². The van der Waals surface area contributed by atoms with E-state index in [9.17, 15) is 19.8 Å². The summed E-state index contributed by atoms with van der Waals surface area (Å²) in [5, 5.41) is 22.9. The molecule has 356 valence electrons. The molecule has 0 aliphatic carbocycles. The minimum absolute atomic E-state index is 0.0116. The molecule has 0 radical (unpaired) electrons. The van der Waals surface area contributed by atoms with E-state index in [4.69, 9.17) is 4.74 Å². The molecular formula is C55H101NO5. The fraction of sp³-hybridized carbons (Fsp3) is 0.818. The highest BCUT2D eigenvalue weighted by molar-refractivity contribution is 5.76. The molecule has 0 rings (SSSR count). The van der Waals surface area contributed by atoms with Gasteiger partial charge < -0.3 is 20.3 Å². The van der Waals surface area contributed by atoms with Crippen molar-refractivity contribution in [3.63, 3.8) is 0 Å². The third-order valence-electron chi connectivity index (χ3n) is 11.8. The van der Waals surface area contributed by atoms with Gasteiger partial charge in [0, 0.05) is 12.8 Å². The first kappa shape index (κ1) is 58.8. The highest BCUT2D eigenvalue weighted by atomic mass is 16.5. The van der Waals surface area contributed by atoms with Crippen LogP contribution in [0.25, 0.3) is 0 Å². The van der Waals surface area contributed by atoms with Gasteiger partial charge >= 0.3 is 5.97 Å². The van der Waals surface area contributed by atoms with Crippen molar-refractivity contribution in [3.8, 4) is 0 Å². The SMILES string of the molecule is CCCCC/C=C\C/C=C\CCCCCCCCCC(=O)OCCCCCCCC/C=C\CCCCCCCCCC(=O)NC(CO)C(O)/C=C/CCCCCCCCCC. The normalized spacial score (nSPS) is 13.0. The Bertz CT molecular complexity index is 1040. The lowest BCUT2D eigenvalue weighted by Crippen LogP contribution is -2.45. The number of aliphatic hydroxyl groups excluding tert-OH is 2. The number of hydrogen-bond donors (Lipinski definition) is 3. The number of unbranched alkanes of at least 4 members (excludes halogenated alkanes) is 31. The number of amides is 1. The molecule has 0 aliphatic rings. The summed E-state index contributed by atoms with van der Waals surface area (Å²) in [6.07, 6.45) is 62.6. The van der Waals surface area contributed by atoms with Crippen molar-refractivity contribution in [2.24, 2.45) is 0 Å². The van der Waals surface area contributed by atoms with Crippen LogP contribution in [0.15, 0.2) is 48.6 Å². The van der Waals surface area contributed by atoms with Gasteiger partial charge in [-0.25, -0.2) is 0 Å². The van der Waals surface area contributed by atoms with Crippen molar-refractivity contribution in [3.05, 3.63) is 48.6 Å². The molecule has 6 heteroatoms. The Labute approximate surface area is 378 Å². The summed E-state index contributed by atoms with van der Waals surface area (Å²) in [5.74, 6) is -0.0952. The summed E-state index contributed by atoms with van der Waals surface area (Å²) >= 11 is 0. The summed E-state index contributed by atoms with van der Waals surface area (Å²) in [6.45, 7) is 4.82. The van der Waals surface area contributed by atoms with Crippen molar-refractivity contribution < 1.29 is 24.5 Å². The minimum Gasteiger partial charge on any atom is -0.466 e. The maximum absolute atomic E-state index is 12.4. The molecule has 0 saturated heterocycles. The van der Waals surface area contributed by atoms with Crippen molar-refractivity contribution in [1.82, 2.24) is 5.32 Å². The van der Waals surface area contributed by atoms with Crippen LogP contribution in [0.1, 0.15) is 264 Å². The second kappa shape index (κ2) is 50.5. The van der Waals surface area contributed by atoms with Crippen LogP contribution in [0.3, 0.4) is 0 Å². The Balaban J connectivity index is 3.47. The van der Waals surface area contributed by atoms with Gasteiger partial charge in [0.1, 0.15) is 0 Å². The maximum atomic E-state index is 12.4. The molecule has 0 bridgehead atoms. The number of carbonyl (C=O) groups excluding carboxylic acids is 2. The number of ether oxygens (including phenoxy) is 1. The van der Waals surface area contributed by atoms with Crippen LogP contribution in [0.2, 0.25) is 0 Å². The highest BCUT2D eigenvalue weighted by Gasteiger charge is 2.18. The van der Waals surface area contributed by atoms with Gasteiger partial charge in [-0.15, -0.1) is 0 Å². The van der Waals surface area contributed by atoms with Crippen molar-refractivity contribution >= 4 is 11.9 Å². The number of nitrogens with one attached hydrogen (secondary N) is 1. The Kier molecular flexibility index (Phi) is 48.7. The predicted octanol–water partition coefficient (Wildman–Crippen LogP) is 15.8. The first-order valence-electron chi connectivity index (χ1n) is 26.4. The highest BCUT2D eigenvalue weighted by Crippen LogP contribution is 2.14. The first-order valence-corrected chi connectivity index (χ1v) is 26.4. The van der Waals surface area contributed by atoms with Gasteiger partial charge in [0.05, 0.1) is 25.4 Å². The van der Waals surface area contributed by atoms with E-state index in [1.165, 1.54) is 173 Å². The van der Waals surface area contributed by atoms with E-state index in [-0.39, 0.29) is 18.5 Å². The fourth-order valence-electron chi connectivity index (χ4n) is 7.71. The van der Waals surface area contributed by atoms with Gasteiger partial charge in [-0.2, -0.15) is 0 Å². The quantitative estimate of drug-likeness (QED) is 0.0322. The van der Waals surface area contributed by atoms with Gasteiger partial charge in [0.15, 0.2) is 0 Å². The Hall–Kier alpha value is -2.18. The largest absolute Gasteiger partial charge is 0.466 e. The molecular weight excluding hydrogens is 755 g/mol. The third kappa shape index (κ3) is 47.1. The van der Waals surface area contributed by atoms with Crippen LogP contribution < -0.4 is 5.32 Å². The monoisotopic (exact) mass is 856 g/mol. The topological polar surface area (TPSA) is 95.9 Å². The number of carbonyl (C=O) groups is 2. The second-order valence-corrected chi connectivity index (χ2v) is 17.8. The standard InChI is InChI=1S/C55H101NO5/c1-3-5-7-9-11-13-15-16-17-19-23-26-29-33-37-41-45-49-55(60)61-50-46-42-38-34-30-27-24-21-18-20-22-25-28-32-36-40-44-48-54(59)56-52(51-57)53(58)47-43-39-35-31-14-12-10-8-6-4-2/h11,13,16-18,21,43,47,52-53,57-58H,3-10,12,14-15,19-20,22-42,44-46,48-51H2,1-2H3,(H,56,59)/b13-11-,17-16-,21-18-,47-43+. The lowest BCUT2D eigenvalue weighted by atomic mass is 10.1. The zero-order valence-electron chi connectivity index (χ0n) is 40.4. The van der Waals surface area contributed by atoms with Crippen LogP contribution in [-0.4, -0.2) is 47.4 Å². The van der Waals surface area contributed by atoms with E-state index in [0.29, 0.717) is 19.4 Å². The first-order chi connectivity index (χ1) is 30.0. The average Bonchev–Trinajstić information content (AvgIpc) is 3.26. The summed E-state index contributed by atoms with van der Waals surface area (Å²) in [5.41, 5.74) is 0. The molecule has 0 aromatic rings. The Morgan fingerprint density at radius 3 is 1.30 bits per heavy atom. The van der Waals surface area contributed by atoms with Gasteiger partial charge in [-0.05, 0) is 89.9 Å². The molecule has 2 unspecified atom stereocenters. The number of aliphatic hydroxyl groups is 2. The van der Waals surface area contributed by atoms with E-state index in [1.807, 2.05) is 6.08 Å². The second-order valence-electron chi connectivity index (χ2n) is 17.8. The van der Waals surface area contributed by atoms with E-state index in [0.717, 1.165) is 64.2 Å². The van der Waals surface area contributed by atoms with E-state index in [2.05, 4.69) is 55.6 Å². The molecule has 0 aromatic carbocycles. The lowest BCUT2D eigenvalue weighted by molar-refractivity contribution is -0.143. The van der Waals surface area contributed by atoms with E-state index >= 15 is 0 Å². The molecule has 0 aliphatic heterocycles. The molecule has 2 atom stereocenters. The Morgan fingerprint density at radius 1 is 0.459 bits per heavy atom. The van der Waals surface area contributed by atoms with Gasteiger partial charge in [-0.1, -0.05) is 210 Å². The predicted molar refractivity (Wildman–Crippen MR) is 264 cm³/mol. The van der Waals surface area contributed by atoms with Gasteiger partial charge in [0.2, 0.25) is 5.91 Å². The Morgan fingerprint density at radius 2 is 0.820 bits per heavy atom. The number of esters is 1. The van der Waals surface area contributed by atoms with Crippen molar-refractivity contribution in [1.29, 1.82) is 0 Å². The van der Waals surface area contributed by atoms with Crippen LogP contribution in [0.4, 0.5) is 0 Å². The van der Waals surface area contributed by atoms with Crippen LogP contribution >= 0.6 is 0 Å². The van der Waals surface area contributed by atoms with Crippen LogP contribution in [0.5, 0.6) is 0 Å². The third-order valence-corrected chi connectivity index (χ3v) is 11.8. The van der Waals surface area contributed by atoms with Crippen molar-refractivity contribution in [2.75, 3.05) is 13.2 Å². The lowest BCUT2D eigenvalue weighted by Gasteiger charge is -2.20. The summed E-state index contributed by atoms with van der Waals surface area (Å²) in [6, 6.07) is -0.636. The van der Waals surface area contributed by atoms with Gasteiger partial charge in [-0.3, -0.25) is 9.59 Å². The van der Waals surface area contributed by atoms with Crippen molar-refractivity contribution in [2.45, 2.75) is 276 Å². The number of rotatable bonds is 48. The van der Waals surface area contributed by atoms with E-state index < -0.39 is 12.1 Å². The maximum Gasteiger partial charge on any atom is 0.305 e. The molecule has 0 aromatic heterocycles. The molecule has 1 amide bonds. The fourth-order valence-corrected chi connectivity index (χ4v) is 7.71. The zero-order chi connectivity index (χ0) is 44.4. The zero-order valence-corrected chi connectivity index (χ0v) is 40.4. The number of hydrogen-bond acceptors (Lipinski definition) is 5. The summed E-state index contributed by atoms with van der Waals surface area (Å²) in [7, 11) is 0. The molecule has 0 heterocycles. The molecule has 6 nitrogen and oxygen atoms in total. The van der Waals surface area contributed by atoms with Gasteiger partial charge in [0.25, 0.3) is 0 Å². The molecule has 0 fully saturated rings. The summed E-state index contributed by atoms with van der Waals surface area (Å²) < 4.78 is 5.46. The number of allylic oxidation sites excluding steroid dienone is 7. The van der Waals surface area contributed by atoms with Crippen LogP contribution in [0, 0.1) is 0 Å². The smallest absolute Gasteiger partial charge is 0.305 e. The molecule has 0 saturated carbocycles. The molecule has 0 spiro atoms.